The van der Waals surface area contributed by atoms with Crippen molar-refractivity contribution in [1.82, 2.24) is 0 Å². The average Bonchev–Trinajstić information content (AvgIpc) is 2.44. The van der Waals surface area contributed by atoms with Crippen LogP contribution in [0.25, 0.3) is 0 Å². The molecule has 19 heavy (non-hydrogen) atoms. The van der Waals surface area contributed by atoms with E-state index >= 15 is 0 Å². The van der Waals surface area contributed by atoms with E-state index in [1.165, 1.54) is 12.5 Å². The van der Waals surface area contributed by atoms with Crippen LogP contribution in [0.5, 0.6) is 23.0 Å². The van der Waals surface area contributed by atoms with Crippen molar-refractivity contribution in [1.29, 1.82) is 0 Å². The number of ether oxygens (including phenoxy) is 3. The van der Waals surface area contributed by atoms with E-state index < -0.39 is 0 Å². The van der Waals surface area contributed by atoms with Gasteiger partial charge in [-0.15, -0.1) is 0 Å². The molecule has 0 aliphatic heterocycles. The molecule has 0 fully saturated rings. The molecule has 0 heterocycles. The fourth-order valence-corrected chi connectivity index (χ4v) is 1.50. The molecule has 0 N–H and O–H groups in total. The molecule has 0 radical (unpaired) electrons. The Balaban J connectivity index is 2.03. The first-order chi connectivity index (χ1) is 9.31. The standard InChI is InChI=1S/C16H14O3/c1-3-17-13-5-9-15(10-6-13)19-16-11-7-14(8-12-16)18-4-2/h3-12H,1-2H2. The molecule has 3 heteroatoms. The molecule has 0 saturated carbocycles. The Morgan fingerprint density at radius 3 is 1.21 bits per heavy atom. The van der Waals surface area contributed by atoms with E-state index in [0.717, 1.165) is 23.0 Å². The first-order valence-corrected chi connectivity index (χ1v) is 5.75. The normalized spacial score (nSPS) is 9.47. The summed E-state index contributed by atoms with van der Waals surface area (Å²) < 4.78 is 16.0. The zero-order valence-electron chi connectivity index (χ0n) is 10.4. The Kier molecular flexibility index (Phi) is 4.24. The van der Waals surface area contributed by atoms with Gasteiger partial charge >= 0.3 is 0 Å². The van der Waals surface area contributed by atoms with Gasteiger partial charge in [-0.3, -0.25) is 0 Å². The highest BCUT2D eigenvalue weighted by Gasteiger charge is 1.99. The lowest BCUT2D eigenvalue weighted by atomic mass is 10.3. The summed E-state index contributed by atoms with van der Waals surface area (Å²) in [6.45, 7) is 6.99. The summed E-state index contributed by atoms with van der Waals surface area (Å²) in [7, 11) is 0. The molecule has 0 aliphatic carbocycles. The SMILES string of the molecule is C=COc1ccc(Oc2ccc(OC=C)cc2)cc1. The summed E-state index contributed by atoms with van der Waals surface area (Å²) in [5.41, 5.74) is 0. The molecule has 2 rings (SSSR count). The first-order valence-electron chi connectivity index (χ1n) is 5.75. The fourth-order valence-electron chi connectivity index (χ4n) is 1.50. The van der Waals surface area contributed by atoms with Crippen molar-refractivity contribution in [2.24, 2.45) is 0 Å². The second-order valence-corrected chi connectivity index (χ2v) is 3.61. The minimum absolute atomic E-state index is 0.720. The second-order valence-electron chi connectivity index (χ2n) is 3.61. The lowest BCUT2D eigenvalue weighted by molar-refractivity contribution is 0.464. The third kappa shape index (κ3) is 3.64. The topological polar surface area (TPSA) is 27.7 Å². The maximum absolute atomic E-state index is 5.68. The molecule has 0 bridgehead atoms. The van der Waals surface area contributed by atoms with Gasteiger partial charge in [-0.1, -0.05) is 13.2 Å². The molecule has 0 amide bonds. The molecule has 0 aromatic heterocycles. The summed E-state index contributed by atoms with van der Waals surface area (Å²) in [4.78, 5) is 0. The molecular formula is C16H14O3. The van der Waals surface area contributed by atoms with E-state index in [4.69, 9.17) is 14.2 Å². The zero-order valence-corrected chi connectivity index (χ0v) is 10.4. The Bertz CT molecular complexity index is 490. The van der Waals surface area contributed by atoms with Gasteiger partial charge < -0.3 is 14.2 Å². The van der Waals surface area contributed by atoms with Crippen LogP contribution in [-0.4, -0.2) is 0 Å². The van der Waals surface area contributed by atoms with E-state index in [0.29, 0.717) is 0 Å². The van der Waals surface area contributed by atoms with Gasteiger partial charge in [0.1, 0.15) is 23.0 Å². The number of hydrogen-bond donors (Lipinski definition) is 0. The van der Waals surface area contributed by atoms with Crippen molar-refractivity contribution in [3.8, 4) is 23.0 Å². The van der Waals surface area contributed by atoms with Crippen LogP contribution in [0.2, 0.25) is 0 Å². The lowest BCUT2D eigenvalue weighted by Gasteiger charge is -2.07. The van der Waals surface area contributed by atoms with Crippen LogP contribution < -0.4 is 14.2 Å². The number of benzene rings is 2. The van der Waals surface area contributed by atoms with Crippen LogP contribution >= 0.6 is 0 Å². The summed E-state index contributed by atoms with van der Waals surface area (Å²) in [5, 5.41) is 0. The molecule has 0 spiro atoms. The average molecular weight is 254 g/mol. The van der Waals surface area contributed by atoms with Crippen molar-refractivity contribution in [3.05, 3.63) is 74.2 Å². The van der Waals surface area contributed by atoms with Crippen molar-refractivity contribution in [3.63, 3.8) is 0 Å². The van der Waals surface area contributed by atoms with Crippen molar-refractivity contribution < 1.29 is 14.2 Å². The fraction of sp³-hybridized carbons (Fsp3) is 0. The predicted octanol–water partition coefficient (Wildman–Crippen LogP) is 4.52. The third-order valence-corrected chi connectivity index (χ3v) is 2.32. The van der Waals surface area contributed by atoms with Crippen molar-refractivity contribution >= 4 is 0 Å². The lowest BCUT2D eigenvalue weighted by Crippen LogP contribution is -1.86. The number of hydrogen-bond acceptors (Lipinski definition) is 3. The quantitative estimate of drug-likeness (QED) is 0.709. The molecular weight excluding hydrogens is 240 g/mol. The van der Waals surface area contributed by atoms with Gasteiger partial charge in [-0.2, -0.15) is 0 Å². The van der Waals surface area contributed by atoms with E-state index in [2.05, 4.69) is 13.2 Å². The van der Waals surface area contributed by atoms with Gasteiger partial charge in [-0.25, -0.2) is 0 Å². The highest BCUT2D eigenvalue weighted by Crippen LogP contribution is 2.25. The number of rotatable bonds is 6. The molecule has 0 saturated heterocycles. The van der Waals surface area contributed by atoms with Gasteiger partial charge in [0.05, 0.1) is 12.5 Å². The summed E-state index contributed by atoms with van der Waals surface area (Å²) >= 11 is 0. The highest BCUT2D eigenvalue weighted by atomic mass is 16.5. The van der Waals surface area contributed by atoms with Crippen LogP contribution in [0.4, 0.5) is 0 Å². The van der Waals surface area contributed by atoms with Crippen LogP contribution in [0.1, 0.15) is 0 Å². The summed E-state index contributed by atoms with van der Waals surface area (Å²) in [6, 6.07) is 14.6. The Hall–Kier alpha value is -2.68. The van der Waals surface area contributed by atoms with E-state index in [-0.39, 0.29) is 0 Å². The Morgan fingerprint density at radius 1 is 0.579 bits per heavy atom. The van der Waals surface area contributed by atoms with Crippen molar-refractivity contribution in [2.45, 2.75) is 0 Å². The van der Waals surface area contributed by atoms with Gasteiger partial charge in [0, 0.05) is 0 Å². The predicted molar refractivity (Wildman–Crippen MR) is 74.6 cm³/mol. The molecule has 2 aromatic rings. The zero-order chi connectivity index (χ0) is 13.5. The Morgan fingerprint density at radius 2 is 0.895 bits per heavy atom. The second kappa shape index (κ2) is 6.31. The minimum atomic E-state index is 0.720. The van der Waals surface area contributed by atoms with Crippen LogP contribution in [-0.2, 0) is 0 Å². The molecule has 0 unspecified atom stereocenters. The van der Waals surface area contributed by atoms with Crippen LogP contribution in [0.3, 0.4) is 0 Å². The van der Waals surface area contributed by atoms with Crippen LogP contribution in [0.15, 0.2) is 74.2 Å². The van der Waals surface area contributed by atoms with Gasteiger partial charge in [-0.05, 0) is 48.5 Å². The molecule has 0 aliphatic rings. The molecule has 0 atom stereocenters. The Labute approximate surface area is 112 Å². The van der Waals surface area contributed by atoms with Crippen LogP contribution in [0, 0.1) is 0 Å². The maximum Gasteiger partial charge on any atom is 0.127 e. The molecule has 2 aromatic carbocycles. The monoisotopic (exact) mass is 254 g/mol. The minimum Gasteiger partial charge on any atom is -0.466 e. The van der Waals surface area contributed by atoms with E-state index in [9.17, 15) is 0 Å². The van der Waals surface area contributed by atoms with E-state index in [1.54, 1.807) is 0 Å². The first kappa shape index (κ1) is 12.8. The summed E-state index contributed by atoms with van der Waals surface area (Å²) in [5.74, 6) is 2.90. The maximum atomic E-state index is 5.68. The van der Waals surface area contributed by atoms with Gasteiger partial charge in [0.15, 0.2) is 0 Å². The largest absolute Gasteiger partial charge is 0.466 e. The smallest absolute Gasteiger partial charge is 0.127 e. The van der Waals surface area contributed by atoms with Gasteiger partial charge in [0.25, 0.3) is 0 Å². The molecule has 96 valence electrons. The van der Waals surface area contributed by atoms with E-state index in [1.807, 2.05) is 48.5 Å². The third-order valence-electron chi connectivity index (χ3n) is 2.32. The highest BCUT2D eigenvalue weighted by molar-refractivity contribution is 5.37. The van der Waals surface area contributed by atoms with Crippen molar-refractivity contribution in [2.75, 3.05) is 0 Å². The van der Waals surface area contributed by atoms with Gasteiger partial charge in [0.2, 0.25) is 0 Å². The molecule has 3 nitrogen and oxygen atoms in total. The summed E-state index contributed by atoms with van der Waals surface area (Å²) in [6.07, 6.45) is 2.77.